The number of esters is 1. The first kappa shape index (κ1) is 16.7. The molecule has 0 aromatic heterocycles. The van der Waals surface area contributed by atoms with Crippen LogP contribution in [-0.4, -0.2) is 41.1 Å². The molecule has 1 aromatic rings. The lowest BCUT2D eigenvalue weighted by Crippen LogP contribution is -2.44. The Kier molecular flexibility index (Phi) is 4.83. The second-order valence-corrected chi connectivity index (χ2v) is 5.61. The van der Waals surface area contributed by atoms with E-state index in [1.54, 1.807) is 12.1 Å². The normalized spacial score (nSPS) is 20.5. The molecule has 0 saturated carbocycles. The molecule has 0 N–H and O–H groups in total. The van der Waals surface area contributed by atoms with Crippen molar-refractivity contribution < 1.29 is 24.0 Å². The van der Waals surface area contributed by atoms with E-state index in [9.17, 15) is 19.7 Å². The summed E-state index contributed by atoms with van der Waals surface area (Å²) >= 11 is 0. The Morgan fingerprint density at radius 1 is 1.39 bits per heavy atom. The van der Waals surface area contributed by atoms with Crippen molar-refractivity contribution in [1.29, 1.82) is 0 Å². The predicted molar refractivity (Wildman–Crippen MR) is 79.6 cm³/mol. The van der Waals surface area contributed by atoms with Gasteiger partial charge in [-0.1, -0.05) is 26.0 Å². The molecule has 1 aliphatic heterocycles. The van der Waals surface area contributed by atoms with Gasteiger partial charge in [0.1, 0.15) is 6.10 Å². The van der Waals surface area contributed by atoms with Gasteiger partial charge >= 0.3 is 12.1 Å². The fourth-order valence-corrected chi connectivity index (χ4v) is 2.50. The van der Waals surface area contributed by atoms with Crippen molar-refractivity contribution in [2.45, 2.75) is 32.5 Å². The van der Waals surface area contributed by atoms with Crippen LogP contribution >= 0.6 is 0 Å². The summed E-state index contributed by atoms with van der Waals surface area (Å²) in [4.78, 5) is 35.6. The van der Waals surface area contributed by atoms with Crippen LogP contribution in [0, 0.1) is 16.0 Å². The number of hydrogen-bond acceptors (Lipinski definition) is 6. The number of carbonyl (C=O) groups is 2. The summed E-state index contributed by atoms with van der Waals surface area (Å²) in [7, 11) is 1.26. The monoisotopic (exact) mass is 322 g/mol. The third kappa shape index (κ3) is 3.41. The molecule has 0 radical (unpaired) electrons. The number of rotatable bonds is 5. The van der Waals surface area contributed by atoms with Crippen molar-refractivity contribution in [2.24, 2.45) is 5.92 Å². The van der Waals surface area contributed by atoms with E-state index in [0.717, 1.165) is 0 Å². The molecule has 1 saturated heterocycles. The zero-order valence-electron chi connectivity index (χ0n) is 13.1. The average molecular weight is 322 g/mol. The van der Waals surface area contributed by atoms with Crippen molar-refractivity contribution in [2.75, 3.05) is 7.11 Å². The highest BCUT2D eigenvalue weighted by atomic mass is 16.6. The highest BCUT2D eigenvalue weighted by Crippen LogP contribution is 2.28. The molecule has 0 aliphatic carbocycles. The second-order valence-electron chi connectivity index (χ2n) is 5.61. The summed E-state index contributed by atoms with van der Waals surface area (Å²) in [6.45, 7) is 3.81. The van der Waals surface area contributed by atoms with Crippen LogP contribution in [0.1, 0.15) is 19.4 Å². The number of amides is 1. The van der Waals surface area contributed by atoms with E-state index in [4.69, 9.17) is 9.47 Å². The largest absolute Gasteiger partial charge is 0.467 e. The SMILES string of the molecule is COC(=O)[C@H]1[C@H](C(C)C)OC(=O)N1Cc1ccc([N+](=O)[O-])cc1. The molecule has 1 amide bonds. The lowest BCUT2D eigenvalue weighted by Gasteiger charge is -2.24. The lowest BCUT2D eigenvalue weighted by atomic mass is 9.99. The van der Waals surface area contributed by atoms with Crippen LogP contribution in [0.5, 0.6) is 0 Å². The van der Waals surface area contributed by atoms with E-state index >= 15 is 0 Å². The maximum absolute atomic E-state index is 12.1. The molecule has 8 heteroatoms. The van der Waals surface area contributed by atoms with Crippen LogP contribution < -0.4 is 0 Å². The highest BCUT2D eigenvalue weighted by molar-refractivity contribution is 5.85. The minimum absolute atomic E-state index is 0.0395. The molecular formula is C15H18N2O6. The highest BCUT2D eigenvalue weighted by Gasteiger charge is 2.48. The molecule has 0 spiro atoms. The summed E-state index contributed by atoms with van der Waals surface area (Å²) in [6.07, 6.45) is -1.19. The van der Waals surface area contributed by atoms with Gasteiger partial charge in [-0.3, -0.25) is 15.0 Å². The van der Waals surface area contributed by atoms with Crippen LogP contribution in [0.15, 0.2) is 24.3 Å². The van der Waals surface area contributed by atoms with Crippen molar-refractivity contribution in [3.63, 3.8) is 0 Å². The van der Waals surface area contributed by atoms with E-state index in [-0.39, 0.29) is 18.2 Å². The molecule has 1 heterocycles. The predicted octanol–water partition coefficient (Wildman–Crippen LogP) is 2.11. The topological polar surface area (TPSA) is 99.0 Å². The van der Waals surface area contributed by atoms with E-state index < -0.39 is 29.1 Å². The van der Waals surface area contributed by atoms with Gasteiger partial charge in [0.05, 0.1) is 18.6 Å². The van der Waals surface area contributed by atoms with Crippen LogP contribution in [0.25, 0.3) is 0 Å². The van der Waals surface area contributed by atoms with Crippen molar-refractivity contribution in [3.05, 3.63) is 39.9 Å². The summed E-state index contributed by atoms with van der Waals surface area (Å²) < 4.78 is 10.1. The quantitative estimate of drug-likeness (QED) is 0.468. The van der Waals surface area contributed by atoms with Gasteiger partial charge in [-0.25, -0.2) is 9.59 Å². The number of ether oxygens (including phenoxy) is 2. The first-order valence-electron chi connectivity index (χ1n) is 7.13. The maximum atomic E-state index is 12.1. The maximum Gasteiger partial charge on any atom is 0.411 e. The number of non-ortho nitro benzene ring substituents is 1. The molecule has 1 aliphatic rings. The van der Waals surface area contributed by atoms with E-state index in [0.29, 0.717) is 5.56 Å². The first-order chi connectivity index (χ1) is 10.8. The van der Waals surface area contributed by atoms with Gasteiger partial charge < -0.3 is 9.47 Å². The first-order valence-corrected chi connectivity index (χ1v) is 7.13. The number of nitro groups is 1. The second kappa shape index (κ2) is 6.64. The van der Waals surface area contributed by atoms with E-state index in [1.165, 1.54) is 24.1 Å². The lowest BCUT2D eigenvalue weighted by molar-refractivity contribution is -0.384. The van der Waals surface area contributed by atoms with Crippen molar-refractivity contribution in [3.8, 4) is 0 Å². The van der Waals surface area contributed by atoms with E-state index in [1.807, 2.05) is 13.8 Å². The number of nitrogens with zero attached hydrogens (tertiary/aromatic N) is 2. The van der Waals surface area contributed by atoms with Crippen molar-refractivity contribution >= 4 is 17.7 Å². The fraction of sp³-hybridized carbons (Fsp3) is 0.467. The van der Waals surface area contributed by atoms with Gasteiger partial charge in [0.2, 0.25) is 0 Å². The molecular weight excluding hydrogens is 304 g/mol. The van der Waals surface area contributed by atoms with Crippen LogP contribution in [-0.2, 0) is 20.8 Å². The average Bonchev–Trinajstić information content (AvgIpc) is 2.84. The Bertz CT molecular complexity index is 613. The number of benzene rings is 1. The van der Waals surface area contributed by atoms with Gasteiger partial charge in [-0.2, -0.15) is 0 Å². The Morgan fingerprint density at radius 2 is 2.00 bits per heavy atom. The molecule has 2 atom stereocenters. The fourth-order valence-electron chi connectivity index (χ4n) is 2.50. The molecule has 23 heavy (non-hydrogen) atoms. The molecule has 124 valence electrons. The summed E-state index contributed by atoms with van der Waals surface area (Å²) in [6, 6.07) is 4.96. The number of nitro benzene ring substituents is 1. The summed E-state index contributed by atoms with van der Waals surface area (Å²) in [5, 5.41) is 10.7. The van der Waals surface area contributed by atoms with Crippen LogP contribution in [0.2, 0.25) is 0 Å². The zero-order chi connectivity index (χ0) is 17.1. The van der Waals surface area contributed by atoms with Gasteiger partial charge in [0.15, 0.2) is 6.04 Å². The number of carbonyl (C=O) groups excluding carboxylic acids is 2. The van der Waals surface area contributed by atoms with Gasteiger partial charge in [0.25, 0.3) is 5.69 Å². The standard InChI is InChI=1S/C15H18N2O6/c1-9(2)13-12(14(18)22-3)16(15(19)23-13)8-10-4-6-11(7-5-10)17(20)21/h4-7,9,12-13H,8H2,1-3H3/t12-,13+/m1/s1. The third-order valence-electron chi connectivity index (χ3n) is 3.72. The van der Waals surface area contributed by atoms with Gasteiger partial charge in [-0.05, 0) is 11.5 Å². The molecule has 0 bridgehead atoms. The number of cyclic esters (lactones) is 1. The number of hydrogen-bond donors (Lipinski definition) is 0. The van der Waals surface area contributed by atoms with Crippen LogP contribution in [0.3, 0.4) is 0 Å². The zero-order valence-corrected chi connectivity index (χ0v) is 13.1. The Morgan fingerprint density at radius 3 is 2.48 bits per heavy atom. The van der Waals surface area contributed by atoms with E-state index in [2.05, 4.69) is 0 Å². The molecule has 8 nitrogen and oxygen atoms in total. The molecule has 0 unspecified atom stereocenters. The number of methoxy groups -OCH3 is 1. The van der Waals surface area contributed by atoms with Gasteiger partial charge in [0, 0.05) is 12.1 Å². The summed E-state index contributed by atoms with van der Waals surface area (Å²) in [5.41, 5.74) is 0.619. The minimum atomic E-state index is -0.831. The van der Waals surface area contributed by atoms with Gasteiger partial charge in [-0.15, -0.1) is 0 Å². The molecule has 2 rings (SSSR count). The van der Waals surface area contributed by atoms with Crippen molar-refractivity contribution in [1.82, 2.24) is 4.90 Å². The Labute approximate surface area is 133 Å². The third-order valence-corrected chi connectivity index (χ3v) is 3.72. The smallest absolute Gasteiger partial charge is 0.411 e. The Hall–Kier alpha value is -2.64. The molecule has 1 aromatic carbocycles. The summed E-state index contributed by atoms with van der Waals surface area (Å²) in [5.74, 6) is -0.596. The Balaban J connectivity index is 2.23. The van der Waals surface area contributed by atoms with Crippen LogP contribution in [0.4, 0.5) is 10.5 Å². The minimum Gasteiger partial charge on any atom is -0.467 e. The molecule has 1 fully saturated rings.